The van der Waals surface area contributed by atoms with Crippen LogP contribution in [0.4, 0.5) is 14.9 Å². The maximum atomic E-state index is 13.3. The lowest BCUT2D eigenvalue weighted by Crippen LogP contribution is -2.28. The molecule has 1 aliphatic heterocycles. The second kappa shape index (κ2) is 7.93. The van der Waals surface area contributed by atoms with Crippen LogP contribution in [-0.4, -0.2) is 26.0 Å². The molecule has 0 fully saturated rings. The molecule has 2 N–H and O–H groups in total. The Morgan fingerprint density at radius 1 is 1.16 bits per heavy atom. The molecule has 0 aromatic heterocycles. The molecule has 1 heterocycles. The van der Waals surface area contributed by atoms with Gasteiger partial charge in [0.25, 0.3) is 0 Å². The average Bonchev–Trinajstić information content (AvgIpc) is 3.07. The van der Waals surface area contributed by atoms with Gasteiger partial charge in [0, 0.05) is 11.8 Å². The summed E-state index contributed by atoms with van der Waals surface area (Å²) < 4.78 is 28.9. The smallest absolute Gasteiger partial charge is 0.319 e. The van der Waals surface area contributed by atoms with Gasteiger partial charge in [0.05, 0.1) is 6.54 Å². The summed E-state index contributed by atoms with van der Waals surface area (Å²) in [5.74, 6) is 6.35. The predicted molar refractivity (Wildman–Crippen MR) is 89.3 cm³/mol. The van der Waals surface area contributed by atoms with Crippen molar-refractivity contribution in [3.05, 3.63) is 48.3 Å². The first-order valence-corrected chi connectivity index (χ1v) is 7.50. The number of hydrogen-bond donors (Lipinski definition) is 2. The van der Waals surface area contributed by atoms with Gasteiger partial charge in [-0.15, -0.1) is 0 Å². The number of carbonyl (C=O) groups excluding carboxylic acids is 1. The van der Waals surface area contributed by atoms with E-state index < -0.39 is 11.8 Å². The molecular formula is C18H15FN2O4. The Morgan fingerprint density at radius 2 is 2.00 bits per heavy atom. The van der Waals surface area contributed by atoms with E-state index in [1.165, 1.54) is 12.1 Å². The Balaban J connectivity index is 1.39. The second-order valence-electron chi connectivity index (χ2n) is 4.95. The number of ether oxygens (including phenoxy) is 3. The van der Waals surface area contributed by atoms with Crippen LogP contribution in [0.3, 0.4) is 0 Å². The van der Waals surface area contributed by atoms with E-state index in [0.717, 1.165) is 0 Å². The fourth-order valence-electron chi connectivity index (χ4n) is 2.06. The Hall–Kier alpha value is -3.40. The van der Waals surface area contributed by atoms with E-state index in [2.05, 4.69) is 22.5 Å². The molecule has 7 heteroatoms. The van der Waals surface area contributed by atoms with E-state index in [9.17, 15) is 9.18 Å². The SMILES string of the molecule is O=C(NCC#CCOc1ccccc1F)Nc1ccc2c(c1)OCO2. The fourth-order valence-corrected chi connectivity index (χ4v) is 2.06. The number of carbonyl (C=O) groups is 1. The summed E-state index contributed by atoms with van der Waals surface area (Å²) in [5.41, 5.74) is 0.581. The number of urea groups is 1. The van der Waals surface area contributed by atoms with Crippen LogP contribution < -0.4 is 24.8 Å². The molecule has 1 aliphatic rings. The number of nitrogens with one attached hydrogen (secondary N) is 2. The summed E-state index contributed by atoms with van der Waals surface area (Å²) in [6.07, 6.45) is 0. The van der Waals surface area contributed by atoms with Crippen molar-refractivity contribution in [2.24, 2.45) is 0 Å². The molecule has 0 saturated carbocycles. The van der Waals surface area contributed by atoms with Crippen molar-refractivity contribution in [3.63, 3.8) is 0 Å². The third kappa shape index (κ3) is 4.54. The summed E-state index contributed by atoms with van der Waals surface area (Å²) in [5, 5.41) is 5.25. The third-order valence-electron chi connectivity index (χ3n) is 3.23. The van der Waals surface area contributed by atoms with E-state index in [1.54, 1.807) is 30.3 Å². The number of para-hydroxylation sites is 1. The van der Waals surface area contributed by atoms with Crippen LogP contribution in [0.1, 0.15) is 0 Å². The van der Waals surface area contributed by atoms with Crippen molar-refractivity contribution in [1.29, 1.82) is 0 Å². The Kier molecular flexibility index (Phi) is 5.22. The quantitative estimate of drug-likeness (QED) is 0.839. The maximum Gasteiger partial charge on any atom is 0.319 e. The Bertz CT molecular complexity index is 829. The summed E-state index contributed by atoms with van der Waals surface area (Å²) in [6.45, 7) is 0.346. The van der Waals surface area contributed by atoms with Crippen molar-refractivity contribution >= 4 is 11.7 Å². The monoisotopic (exact) mass is 342 g/mol. The lowest BCUT2D eigenvalue weighted by molar-refractivity contribution is 0.174. The molecular weight excluding hydrogens is 327 g/mol. The molecule has 3 rings (SSSR count). The standard InChI is InChI=1S/C18H15FN2O4/c19-14-5-1-2-6-15(14)23-10-4-3-9-20-18(22)21-13-7-8-16-17(11-13)25-12-24-16/h1-2,5-8,11H,9-10,12H2,(H2,20,21,22). The van der Waals surface area contributed by atoms with Crippen LogP contribution in [-0.2, 0) is 0 Å². The van der Waals surface area contributed by atoms with Crippen LogP contribution in [0.25, 0.3) is 0 Å². The number of halogens is 1. The van der Waals surface area contributed by atoms with Gasteiger partial charge in [-0.3, -0.25) is 0 Å². The summed E-state index contributed by atoms with van der Waals surface area (Å²) in [6, 6.07) is 10.8. The van der Waals surface area contributed by atoms with Crippen LogP contribution in [0.15, 0.2) is 42.5 Å². The highest BCUT2D eigenvalue weighted by molar-refractivity contribution is 5.89. The summed E-state index contributed by atoms with van der Waals surface area (Å²) in [7, 11) is 0. The number of rotatable bonds is 4. The Morgan fingerprint density at radius 3 is 2.88 bits per heavy atom. The molecule has 25 heavy (non-hydrogen) atoms. The summed E-state index contributed by atoms with van der Waals surface area (Å²) in [4.78, 5) is 11.8. The van der Waals surface area contributed by atoms with E-state index in [0.29, 0.717) is 17.2 Å². The van der Waals surface area contributed by atoms with Crippen LogP contribution in [0, 0.1) is 17.7 Å². The minimum atomic E-state index is -0.439. The van der Waals surface area contributed by atoms with Gasteiger partial charge in [0.15, 0.2) is 23.1 Å². The predicted octanol–water partition coefficient (Wildman–Crippen LogP) is 2.76. The van der Waals surface area contributed by atoms with E-state index in [4.69, 9.17) is 14.2 Å². The number of hydrogen-bond acceptors (Lipinski definition) is 4. The average molecular weight is 342 g/mol. The molecule has 0 bridgehead atoms. The Labute approximate surface area is 143 Å². The largest absolute Gasteiger partial charge is 0.478 e. The highest BCUT2D eigenvalue weighted by Gasteiger charge is 2.13. The lowest BCUT2D eigenvalue weighted by Gasteiger charge is -2.06. The maximum absolute atomic E-state index is 13.3. The van der Waals surface area contributed by atoms with Gasteiger partial charge in [-0.05, 0) is 24.3 Å². The van der Waals surface area contributed by atoms with Gasteiger partial charge < -0.3 is 24.8 Å². The molecule has 2 aromatic carbocycles. The van der Waals surface area contributed by atoms with E-state index >= 15 is 0 Å². The van der Waals surface area contributed by atoms with Crippen molar-refractivity contribution in [2.75, 3.05) is 25.3 Å². The zero-order chi connectivity index (χ0) is 17.5. The van der Waals surface area contributed by atoms with Gasteiger partial charge in [0.2, 0.25) is 6.79 Å². The van der Waals surface area contributed by atoms with Gasteiger partial charge in [-0.1, -0.05) is 24.0 Å². The lowest BCUT2D eigenvalue weighted by atomic mass is 10.3. The molecule has 2 aromatic rings. The first-order chi connectivity index (χ1) is 12.2. The van der Waals surface area contributed by atoms with Crippen molar-refractivity contribution in [3.8, 4) is 29.1 Å². The van der Waals surface area contributed by atoms with Crippen molar-refractivity contribution in [2.45, 2.75) is 0 Å². The van der Waals surface area contributed by atoms with Gasteiger partial charge in [-0.2, -0.15) is 0 Å². The number of amides is 2. The molecule has 0 radical (unpaired) electrons. The number of anilines is 1. The molecule has 6 nitrogen and oxygen atoms in total. The first kappa shape index (κ1) is 16.5. The van der Waals surface area contributed by atoms with Crippen LogP contribution in [0.2, 0.25) is 0 Å². The molecule has 128 valence electrons. The molecule has 0 unspecified atom stereocenters. The van der Waals surface area contributed by atoms with Crippen molar-refractivity contribution < 1.29 is 23.4 Å². The highest BCUT2D eigenvalue weighted by Crippen LogP contribution is 2.34. The molecule has 0 atom stereocenters. The van der Waals surface area contributed by atoms with Crippen LogP contribution >= 0.6 is 0 Å². The molecule has 2 amide bonds. The van der Waals surface area contributed by atoms with E-state index in [-0.39, 0.29) is 25.7 Å². The second-order valence-corrected chi connectivity index (χ2v) is 4.95. The normalized spacial score (nSPS) is 11.2. The number of benzene rings is 2. The topological polar surface area (TPSA) is 68.8 Å². The van der Waals surface area contributed by atoms with Crippen molar-refractivity contribution in [1.82, 2.24) is 5.32 Å². The molecule has 0 aliphatic carbocycles. The zero-order valence-electron chi connectivity index (χ0n) is 13.2. The zero-order valence-corrected chi connectivity index (χ0v) is 13.2. The van der Waals surface area contributed by atoms with Gasteiger partial charge in [0.1, 0.15) is 6.61 Å². The minimum Gasteiger partial charge on any atom is -0.478 e. The highest BCUT2D eigenvalue weighted by atomic mass is 19.1. The van der Waals surface area contributed by atoms with Gasteiger partial charge >= 0.3 is 6.03 Å². The van der Waals surface area contributed by atoms with Crippen LogP contribution in [0.5, 0.6) is 17.2 Å². The third-order valence-corrected chi connectivity index (χ3v) is 3.23. The molecule has 0 spiro atoms. The first-order valence-electron chi connectivity index (χ1n) is 7.50. The van der Waals surface area contributed by atoms with Gasteiger partial charge in [-0.25, -0.2) is 9.18 Å². The molecule has 0 saturated heterocycles. The number of fused-ring (bicyclic) bond motifs is 1. The van der Waals surface area contributed by atoms with E-state index in [1.807, 2.05) is 0 Å². The fraction of sp³-hybridized carbons (Fsp3) is 0.167. The summed E-state index contributed by atoms with van der Waals surface area (Å²) >= 11 is 0. The minimum absolute atomic E-state index is 0.0341.